The largest absolute Gasteiger partial charge is 0.497 e. The molecule has 0 N–H and O–H groups in total. The Balaban J connectivity index is 1.57. The number of nitrogens with zero attached hydrogens (tertiary/aromatic N) is 2. The summed E-state index contributed by atoms with van der Waals surface area (Å²) in [6.45, 7) is 4.41. The first-order valence-corrected chi connectivity index (χ1v) is 11.0. The molecule has 164 valence electrons. The Bertz CT molecular complexity index is 1140. The van der Waals surface area contributed by atoms with E-state index in [1.54, 1.807) is 14.2 Å². The third-order valence-electron chi connectivity index (χ3n) is 6.31. The Kier molecular flexibility index (Phi) is 5.25. The molecule has 0 bridgehead atoms. The van der Waals surface area contributed by atoms with Crippen molar-refractivity contribution in [1.29, 1.82) is 0 Å². The van der Waals surface area contributed by atoms with Crippen molar-refractivity contribution < 1.29 is 14.2 Å². The standard InChI is InChI=1S/C27H28N2O3/c1-17(2)18-8-10-20(11-9-18)27-29-24(22-6-5-7-25(31-4)26(22)32-27)16-23(28-29)19-12-14-21(30-3)15-13-19/h5-15,17,24,27H,16H2,1-4H3. The highest BCUT2D eigenvalue weighted by molar-refractivity contribution is 6.02. The molecule has 2 aliphatic heterocycles. The van der Waals surface area contributed by atoms with Gasteiger partial charge in [0.1, 0.15) is 5.75 Å². The van der Waals surface area contributed by atoms with E-state index in [0.29, 0.717) is 5.92 Å². The van der Waals surface area contributed by atoms with Gasteiger partial charge in [-0.15, -0.1) is 0 Å². The van der Waals surface area contributed by atoms with E-state index in [-0.39, 0.29) is 12.3 Å². The van der Waals surface area contributed by atoms with Gasteiger partial charge in [-0.2, -0.15) is 5.10 Å². The summed E-state index contributed by atoms with van der Waals surface area (Å²) in [5.41, 5.74) is 5.63. The van der Waals surface area contributed by atoms with E-state index in [1.165, 1.54) is 5.56 Å². The van der Waals surface area contributed by atoms with Gasteiger partial charge in [0, 0.05) is 17.5 Å². The van der Waals surface area contributed by atoms with Gasteiger partial charge in [0.05, 0.1) is 26.0 Å². The van der Waals surface area contributed by atoms with E-state index in [9.17, 15) is 0 Å². The summed E-state index contributed by atoms with van der Waals surface area (Å²) < 4.78 is 17.5. The van der Waals surface area contributed by atoms with Crippen LogP contribution in [0.2, 0.25) is 0 Å². The lowest BCUT2D eigenvalue weighted by atomic mass is 9.95. The number of hydrazone groups is 1. The molecule has 0 spiro atoms. The fourth-order valence-corrected chi connectivity index (χ4v) is 4.47. The number of ether oxygens (including phenoxy) is 3. The fourth-order valence-electron chi connectivity index (χ4n) is 4.47. The molecule has 0 aliphatic carbocycles. The Morgan fingerprint density at radius 3 is 2.34 bits per heavy atom. The van der Waals surface area contributed by atoms with Crippen LogP contribution in [-0.4, -0.2) is 24.9 Å². The predicted octanol–water partition coefficient (Wildman–Crippen LogP) is 6.07. The summed E-state index contributed by atoms with van der Waals surface area (Å²) in [7, 11) is 3.37. The minimum atomic E-state index is -0.319. The van der Waals surface area contributed by atoms with Crippen molar-refractivity contribution >= 4 is 5.71 Å². The molecule has 2 aliphatic rings. The molecule has 2 heterocycles. The van der Waals surface area contributed by atoms with Gasteiger partial charge in [-0.1, -0.05) is 50.2 Å². The molecule has 2 unspecified atom stereocenters. The first kappa shape index (κ1) is 20.4. The maximum atomic E-state index is 6.55. The minimum Gasteiger partial charge on any atom is -0.497 e. The second-order valence-corrected chi connectivity index (χ2v) is 8.55. The quantitative estimate of drug-likeness (QED) is 0.495. The molecule has 2 atom stereocenters. The zero-order valence-corrected chi connectivity index (χ0v) is 18.9. The SMILES string of the molecule is COc1ccc(C2=NN3C(C2)c2cccc(OC)c2OC3c2ccc(C(C)C)cc2)cc1. The molecule has 0 fully saturated rings. The van der Waals surface area contributed by atoms with Crippen molar-refractivity contribution in [2.24, 2.45) is 5.10 Å². The lowest BCUT2D eigenvalue weighted by molar-refractivity contribution is -0.0209. The van der Waals surface area contributed by atoms with Crippen LogP contribution in [0.5, 0.6) is 17.2 Å². The monoisotopic (exact) mass is 428 g/mol. The van der Waals surface area contributed by atoms with Crippen molar-refractivity contribution in [3.63, 3.8) is 0 Å². The van der Waals surface area contributed by atoms with Crippen molar-refractivity contribution in [2.75, 3.05) is 14.2 Å². The van der Waals surface area contributed by atoms with Crippen molar-refractivity contribution in [1.82, 2.24) is 5.01 Å². The zero-order chi connectivity index (χ0) is 22.2. The van der Waals surface area contributed by atoms with Crippen LogP contribution in [0.15, 0.2) is 71.8 Å². The topological polar surface area (TPSA) is 43.3 Å². The van der Waals surface area contributed by atoms with Crippen LogP contribution in [0.3, 0.4) is 0 Å². The molecule has 0 saturated carbocycles. The van der Waals surface area contributed by atoms with Crippen LogP contribution in [0.25, 0.3) is 0 Å². The van der Waals surface area contributed by atoms with E-state index in [2.05, 4.69) is 61.3 Å². The van der Waals surface area contributed by atoms with Gasteiger partial charge in [0.25, 0.3) is 0 Å². The van der Waals surface area contributed by atoms with Crippen LogP contribution in [0.4, 0.5) is 0 Å². The van der Waals surface area contributed by atoms with Crippen molar-refractivity contribution in [3.8, 4) is 17.2 Å². The normalized spacial score (nSPS) is 19.2. The fraction of sp³-hybridized carbons (Fsp3) is 0.296. The maximum Gasteiger partial charge on any atom is 0.214 e. The Labute approximate surface area is 189 Å². The van der Waals surface area contributed by atoms with Gasteiger partial charge in [-0.05, 0) is 47.4 Å². The summed E-state index contributed by atoms with van der Waals surface area (Å²) in [6, 6.07) is 22.9. The lowest BCUT2D eigenvalue weighted by Crippen LogP contribution is -2.33. The number of rotatable bonds is 5. The van der Waals surface area contributed by atoms with E-state index in [4.69, 9.17) is 19.3 Å². The summed E-state index contributed by atoms with van der Waals surface area (Å²) in [4.78, 5) is 0. The van der Waals surface area contributed by atoms with Crippen LogP contribution >= 0.6 is 0 Å². The Morgan fingerprint density at radius 1 is 0.938 bits per heavy atom. The number of hydrogen-bond acceptors (Lipinski definition) is 5. The highest BCUT2D eigenvalue weighted by Crippen LogP contribution is 2.50. The van der Waals surface area contributed by atoms with E-state index in [0.717, 1.165) is 46.1 Å². The van der Waals surface area contributed by atoms with Gasteiger partial charge >= 0.3 is 0 Å². The van der Waals surface area contributed by atoms with E-state index in [1.807, 2.05) is 24.3 Å². The number of methoxy groups -OCH3 is 2. The summed E-state index contributed by atoms with van der Waals surface area (Å²) in [5.74, 6) is 2.88. The molecule has 5 rings (SSSR count). The van der Waals surface area contributed by atoms with Gasteiger partial charge in [-0.3, -0.25) is 0 Å². The second kappa shape index (κ2) is 8.23. The van der Waals surface area contributed by atoms with Crippen LogP contribution in [0, 0.1) is 0 Å². The number of para-hydroxylation sites is 1. The molecule has 0 amide bonds. The van der Waals surface area contributed by atoms with Gasteiger partial charge in [0.2, 0.25) is 6.23 Å². The first-order chi connectivity index (χ1) is 15.6. The molecule has 0 radical (unpaired) electrons. The molecule has 3 aromatic rings. The van der Waals surface area contributed by atoms with Gasteiger partial charge in [0.15, 0.2) is 11.5 Å². The third-order valence-corrected chi connectivity index (χ3v) is 6.31. The van der Waals surface area contributed by atoms with Gasteiger partial charge in [-0.25, -0.2) is 5.01 Å². The summed E-state index contributed by atoms with van der Waals surface area (Å²) in [5, 5.41) is 7.15. The smallest absolute Gasteiger partial charge is 0.214 e. The lowest BCUT2D eigenvalue weighted by Gasteiger charge is -2.38. The van der Waals surface area contributed by atoms with Gasteiger partial charge < -0.3 is 14.2 Å². The average molecular weight is 429 g/mol. The molecular weight excluding hydrogens is 400 g/mol. The second-order valence-electron chi connectivity index (χ2n) is 8.55. The van der Waals surface area contributed by atoms with E-state index >= 15 is 0 Å². The molecular formula is C27H28N2O3. The Morgan fingerprint density at radius 2 is 1.69 bits per heavy atom. The number of hydrogen-bond donors (Lipinski definition) is 0. The van der Waals surface area contributed by atoms with Crippen molar-refractivity contribution in [2.45, 2.75) is 38.5 Å². The molecule has 5 nitrogen and oxygen atoms in total. The molecule has 0 saturated heterocycles. The van der Waals surface area contributed by atoms with Crippen LogP contribution < -0.4 is 14.2 Å². The number of fused-ring (bicyclic) bond motifs is 3. The predicted molar refractivity (Wildman–Crippen MR) is 126 cm³/mol. The minimum absolute atomic E-state index is 0.0840. The number of benzene rings is 3. The third kappa shape index (κ3) is 3.48. The maximum absolute atomic E-state index is 6.55. The average Bonchev–Trinajstić information content (AvgIpc) is 3.29. The first-order valence-electron chi connectivity index (χ1n) is 11.0. The van der Waals surface area contributed by atoms with Crippen LogP contribution in [-0.2, 0) is 0 Å². The molecule has 3 aromatic carbocycles. The van der Waals surface area contributed by atoms with Crippen molar-refractivity contribution in [3.05, 3.63) is 89.0 Å². The van der Waals surface area contributed by atoms with Crippen LogP contribution in [0.1, 0.15) is 60.7 Å². The van der Waals surface area contributed by atoms with E-state index < -0.39 is 0 Å². The molecule has 5 heteroatoms. The summed E-state index contributed by atoms with van der Waals surface area (Å²) in [6.07, 6.45) is 0.483. The molecule has 0 aromatic heterocycles. The summed E-state index contributed by atoms with van der Waals surface area (Å²) >= 11 is 0. The highest BCUT2D eigenvalue weighted by atomic mass is 16.5. The Hall–Kier alpha value is -3.47. The highest BCUT2D eigenvalue weighted by Gasteiger charge is 2.42. The molecule has 32 heavy (non-hydrogen) atoms. The zero-order valence-electron chi connectivity index (χ0n) is 18.9.